The van der Waals surface area contributed by atoms with Crippen LogP contribution in [0.15, 0.2) is 24.3 Å². The molecule has 0 N–H and O–H groups in total. The Kier molecular flexibility index (Phi) is 3.96. The Morgan fingerprint density at radius 3 is 2.50 bits per heavy atom. The zero-order valence-corrected chi connectivity index (χ0v) is 9.04. The monoisotopic (exact) mass is 212 g/mol. The number of carbonyl (C=O) groups excluding carboxylic acids is 1. The Morgan fingerprint density at radius 2 is 2.00 bits per heavy atom. The summed E-state index contributed by atoms with van der Waals surface area (Å²) < 4.78 is 4.60. The lowest BCUT2D eigenvalue weighted by molar-refractivity contribution is -0.140. The third kappa shape index (κ3) is 3.04. The number of esters is 1. The fourth-order valence-electron chi connectivity index (χ4n) is 1.24. The lowest BCUT2D eigenvalue weighted by atomic mass is 9.98. The lowest BCUT2D eigenvalue weighted by Crippen LogP contribution is -2.05. The normalized spacial score (nSPS) is 12.2. The quantitative estimate of drug-likeness (QED) is 0.720. The highest BCUT2D eigenvalue weighted by atomic mass is 35.5. The van der Waals surface area contributed by atoms with E-state index >= 15 is 0 Å². The lowest BCUT2D eigenvalue weighted by Gasteiger charge is -2.09. The van der Waals surface area contributed by atoms with Gasteiger partial charge in [0.2, 0.25) is 0 Å². The van der Waals surface area contributed by atoms with E-state index in [9.17, 15) is 4.79 Å². The van der Waals surface area contributed by atoms with Crippen LogP contribution in [0.3, 0.4) is 0 Å². The van der Waals surface area contributed by atoms with Gasteiger partial charge in [-0.2, -0.15) is 0 Å². The van der Waals surface area contributed by atoms with E-state index in [2.05, 4.69) is 4.74 Å². The van der Waals surface area contributed by atoms with Crippen molar-refractivity contribution >= 4 is 17.6 Å². The van der Waals surface area contributed by atoms with Gasteiger partial charge in [0.1, 0.15) is 0 Å². The number of carbonyl (C=O) groups is 1. The number of rotatable bonds is 3. The van der Waals surface area contributed by atoms with Crippen molar-refractivity contribution < 1.29 is 9.53 Å². The molecule has 0 saturated carbocycles. The maximum absolute atomic E-state index is 11.0. The molecule has 1 atom stereocenters. The van der Waals surface area contributed by atoms with Gasteiger partial charge in [-0.1, -0.05) is 30.7 Å². The summed E-state index contributed by atoms with van der Waals surface area (Å²) in [5.74, 6) is -0.0211. The van der Waals surface area contributed by atoms with Crippen molar-refractivity contribution in [3.63, 3.8) is 0 Å². The maximum atomic E-state index is 11.0. The predicted octanol–water partition coefficient (Wildman–Crippen LogP) is 3.01. The highest BCUT2D eigenvalue weighted by molar-refractivity contribution is 6.30. The van der Waals surface area contributed by atoms with Crippen LogP contribution in [0.2, 0.25) is 5.02 Å². The van der Waals surface area contributed by atoms with Crippen molar-refractivity contribution in [2.75, 3.05) is 7.11 Å². The third-order valence-corrected chi connectivity index (χ3v) is 2.39. The van der Waals surface area contributed by atoms with E-state index in [1.54, 1.807) is 0 Å². The topological polar surface area (TPSA) is 26.3 Å². The number of methoxy groups -OCH3 is 1. The molecule has 14 heavy (non-hydrogen) atoms. The van der Waals surface area contributed by atoms with E-state index < -0.39 is 0 Å². The summed E-state index contributed by atoms with van der Waals surface area (Å²) in [7, 11) is 1.40. The van der Waals surface area contributed by atoms with Crippen molar-refractivity contribution in [2.45, 2.75) is 19.3 Å². The van der Waals surface area contributed by atoms with E-state index in [0.29, 0.717) is 11.4 Å². The molecule has 0 fully saturated rings. The van der Waals surface area contributed by atoms with Gasteiger partial charge in [0.25, 0.3) is 0 Å². The van der Waals surface area contributed by atoms with E-state index in [1.807, 2.05) is 31.2 Å². The largest absolute Gasteiger partial charge is 0.469 e. The Hall–Kier alpha value is -1.02. The van der Waals surface area contributed by atoms with Gasteiger partial charge in [0.15, 0.2) is 0 Å². The van der Waals surface area contributed by atoms with E-state index in [0.717, 1.165) is 5.56 Å². The zero-order chi connectivity index (χ0) is 10.6. The van der Waals surface area contributed by atoms with Gasteiger partial charge < -0.3 is 4.74 Å². The minimum Gasteiger partial charge on any atom is -0.469 e. The van der Waals surface area contributed by atoms with Crippen molar-refractivity contribution in [3.8, 4) is 0 Å². The first-order valence-corrected chi connectivity index (χ1v) is 4.83. The summed E-state index contributed by atoms with van der Waals surface area (Å²) in [6, 6.07) is 7.50. The molecule has 1 aromatic carbocycles. The predicted molar refractivity (Wildman–Crippen MR) is 56.5 cm³/mol. The number of benzene rings is 1. The van der Waals surface area contributed by atoms with Gasteiger partial charge >= 0.3 is 5.97 Å². The molecule has 1 aromatic rings. The molecule has 0 unspecified atom stereocenters. The molecule has 3 heteroatoms. The summed E-state index contributed by atoms with van der Waals surface area (Å²) in [4.78, 5) is 11.0. The Morgan fingerprint density at radius 1 is 1.43 bits per heavy atom. The molecule has 0 bridgehead atoms. The van der Waals surface area contributed by atoms with Crippen LogP contribution in [0.1, 0.15) is 24.8 Å². The van der Waals surface area contributed by atoms with Gasteiger partial charge in [0, 0.05) is 5.02 Å². The van der Waals surface area contributed by atoms with Crippen LogP contribution in [0.4, 0.5) is 0 Å². The molecule has 76 valence electrons. The molecule has 0 aromatic heterocycles. The van der Waals surface area contributed by atoms with E-state index in [4.69, 9.17) is 11.6 Å². The van der Waals surface area contributed by atoms with Crippen LogP contribution >= 0.6 is 11.6 Å². The second-order valence-corrected chi connectivity index (χ2v) is 3.67. The summed E-state index contributed by atoms with van der Waals surface area (Å²) in [6.45, 7) is 1.99. The van der Waals surface area contributed by atoms with Crippen molar-refractivity contribution in [2.24, 2.45) is 0 Å². The molecule has 1 rings (SSSR count). The molecular formula is C11H13ClO2. The summed E-state index contributed by atoms with van der Waals surface area (Å²) >= 11 is 5.76. The van der Waals surface area contributed by atoms with E-state index in [1.165, 1.54) is 7.11 Å². The Labute approximate surface area is 88.8 Å². The van der Waals surface area contributed by atoms with Gasteiger partial charge in [-0.3, -0.25) is 4.79 Å². The van der Waals surface area contributed by atoms with Crippen LogP contribution in [0.5, 0.6) is 0 Å². The molecular weight excluding hydrogens is 200 g/mol. The maximum Gasteiger partial charge on any atom is 0.306 e. The van der Waals surface area contributed by atoms with Crippen molar-refractivity contribution in [3.05, 3.63) is 34.9 Å². The smallest absolute Gasteiger partial charge is 0.306 e. The van der Waals surface area contributed by atoms with Crippen molar-refractivity contribution in [1.29, 1.82) is 0 Å². The minimum atomic E-state index is -0.188. The summed E-state index contributed by atoms with van der Waals surface area (Å²) in [5.41, 5.74) is 1.10. The van der Waals surface area contributed by atoms with Gasteiger partial charge in [-0.15, -0.1) is 0 Å². The Balaban J connectivity index is 2.65. The number of halogens is 1. The molecule has 2 nitrogen and oxygen atoms in total. The fraction of sp³-hybridized carbons (Fsp3) is 0.364. The summed E-state index contributed by atoms with van der Waals surface area (Å²) in [6.07, 6.45) is 0.401. The number of ether oxygens (including phenoxy) is 1. The molecule has 0 aliphatic heterocycles. The van der Waals surface area contributed by atoms with Crippen molar-refractivity contribution in [1.82, 2.24) is 0 Å². The number of hydrogen-bond donors (Lipinski definition) is 0. The molecule has 0 aliphatic carbocycles. The molecule has 0 spiro atoms. The molecule has 0 saturated heterocycles. The van der Waals surface area contributed by atoms with Crippen LogP contribution in [0, 0.1) is 0 Å². The SMILES string of the molecule is COC(=O)C[C@@H](C)c1ccc(Cl)cc1. The van der Waals surface area contributed by atoms with Crippen LogP contribution < -0.4 is 0 Å². The fourth-order valence-corrected chi connectivity index (χ4v) is 1.37. The number of hydrogen-bond acceptors (Lipinski definition) is 2. The zero-order valence-electron chi connectivity index (χ0n) is 8.29. The Bertz CT molecular complexity index is 306. The average molecular weight is 213 g/mol. The molecule has 0 aliphatic rings. The minimum absolute atomic E-state index is 0.166. The first-order valence-electron chi connectivity index (χ1n) is 4.45. The highest BCUT2D eigenvalue weighted by Crippen LogP contribution is 2.21. The standard InChI is InChI=1S/C11H13ClO2/c1-8(7-11(13)14-2)9-3-5-10(12)6-4-9/h3-6,8H,7H2,1-2H3/t8-/m1/s1. The second kappa shape index (κ2) is 5.01. The molecule has 0 heterocycles. The van der Waals surface area contributed by atoms with Crippen LogP contribution in [-0.2, 0) is 9.53 Å². The first kappa shape index (κ1) is 11.1. The average Bonchev–Trinajstić information content (AvgIpc) is 2.18. The van der Waals surface area contributed by atoms with Gasteiger partial charge in [0.05, 0.1) is 13.5 Å². The molecule has 0 radical (unpaired) electrons. The molecule has 0 amide bonds. The third-order valence-electron chi connectivity index (χ3n) is 2.14. The van der Waals surface area contributed by atoms with Crippen LogP contribution in [0.25, 0.3) is 0 Å². The van der Waals surface area contributed by atoms with Gasteiger partial charge in [-0.25, -0.2) is 0 Å². The van der Waals surface area contributed by atoms with Gasteiger partial charge in [-0.05, 0) is 23.6 Å². The first-order chi connectivity index (χ1) is 6.63. The summed E-state index contributed by atoms with van der Waals surface area (Å²) in [5, 5.41) is 0.707. The highest BCUT2D eigenvalue weighted by Gasteiger charge is 2.10. The van der Waals surface area contributed by atoms with E-state index in [-0.39, 0.29) is 11.9 Å². The van der Waals surface area contributed by atoms with Crippen LogP contribution in [-0.4, -0.2) is 13.1 Å². The second-order valence-electron chi connectivity index (χ2n) is 3.23.